The van der Waals surface area contributed by atoms with Gasteiger partial charge in [0.2, 0.25) is 0 Å². The molecule has 1 aliphatic rings. The Kier molecular flexibility index (Phi) is 3.52. The van der Waals surface area contributed by atoms with E-state index in [9.17, 15) is 5.11 Å². The number of phenols is 1. The molecule has 1 aromatic carbocycles. The van der Waals surface area contributed by atoms with Crippen LogP contribution >= 0.6 is 11.3 Å². The summed E-state index contributed by atoms with van der Waals surface area (Å²) in [6.45, 7) is 7.23. The normalized spacial score (nSPS) is 21.1. The van der Waals surface area contributed by atoms with Gasteiger partial charge in [-0.3, -0.25) is 0 Å². The molecule has 4 heteroatoms. The van der Waals surface area contributed by atoms with Gasteiger partial charge in [0.1, 0.15) is 5.75 Å². The second-order valence-electron chi connectivity index (χ2n) is 5.66. The minimum absolute atomic E-state index is 0.237. The zero-order valence-electron chi connectivity index (χ0n) is 12.1. The van der Waals surface area contributed by atoms with Gasteiger partial charge < -0.3 is 10.4 Å². The monoisotopic (exact) mass is 288 g/mol. The summed E-state index contributed by atoms with van der Waals surface area (Å²) < 4.78 is 0. The van der Waals surface area contributed by atoms with Crippen LogP contribution in [0.2, 0.25) is 0 Å². The van der Waals surface area contributed by atoms with Gasteiger partial charge >= 0.3 is 0 Å². The van der Waals surface area contributed by atoms with Crippen molar-refractivity contribution in [2.75, 3.05) is 0 Å². The zero-order valence-corrected chi connectivity index (χ0v) is 12.9. The lowest BCUT2D eigenvalue weighted by Gasteiger charge is -2.15. The number of aromatic nitrogens is 1. The molecular weight excluding hydrogens is 268 g/mol. The third kappa shape index (κ3) is 2.23. The smallest absolute Gasteiger partial charge is 0.120 e. The van der Waals surface area contributed by atoms with Crippen LogP contribution in [0.1, 0.15) is 52.6 Å². The highest BCUT2D eigenvalue weighted by molar-refractivity contribution is 7.09. The maximum atomic E-state index is 10.2. The predicted octanol–water partition coefficient (Wildman–Crippen LogP) is 3.80. The van der Waals surface area contributed by atoms with Gasteiger partial charge in [-0.1, -0.05) is 13.0 Å². The molecule has 0 saturated carbocycles. The summed E-state index contributed by atoms with van der Waals surface area (Å²) in [5, 5.41) is 13.8. The fraction of sp³-hybridized carbons (Fsp3) is 0.438. The van der Waals surface area contributed by atoms with E-state index < -0.39 is 0 Å². The molecule has 2 unspecified atom stereocenters. The molecule has 106 valence electrons. The van der Waals surface area contributed by atoms with E-state index >= 15 is 0 Å². The first-order valence-electron chi connectivity index (χ1n) is 7.02. The Bertz CT molecular complexity index is 635. The van der Waals surface area contributed by atoms with Gasteiger partial charge in [0.05, 0.1) is 11.2 Å². The van der Waals surface area contributed by atoms with E-state index in [1.54, 1.807) is 11.3 Å². The fourth-order valence-corrected chi connectivity index (χ4v) is 3.97. The van der Waals surface area contributed by atoms with Crippen LogP contribution in [0.4, 0.5) is 0 Å². The zero-order chi connectivity index (χ0) is 14.3. The summed E-state index contributed by atoms with van der Waals surface area (Å²) in [6, 6.07) is 4.07. The lowest BCUT2D eigenvalue weighted by molar-refractivity contribution is 0.445. The molecule has 20 heavy (non-hydrogen) atoms. The van der Waals surface area contributed by atoms with Crippen molar-refractivity contribution in [3.8, 4) is 5.75 Å². The van der Waals surface area contributed by atoms with Crippen molar-refractivity contribution in [1.29, 1.82) is 0 Å². The molecule has 2 aromatic rings. The standard InChI is InChI=1S/C16H20N2OS/c1-9-4-5-13(19)16-12(6-10(2)15(9)16)17-7-14-11(3)18-8-20-14/h4-5,8,10,12,17,19H,6-7H2,1-3H3. The van der Waals surface area contributed by atoms with Gasteiger partial charge in [0.15, 0.2) is 0 Å². The lowest BCUT2D eigenvalue weighted by Crippen LogP contribution is -2.18. The predicted molar refractivity (Wildman–Crippen MR) is 82.3 cm³/mol. The first-order valence-corrected chi connectivity index (χ1v) is 7.90. The average molecular weight is 288 g/mol. The highest BCUT2D eigenvalue weighted by Crippen LogP contribution is 2.46. The van der Waals surface area contributed by atoms with E-state index in [0.717, 1.165) is 24.2 Å². The Morgan fingerprint density at radius 2 is 2.15 bits per heavy atom. The number of nitrogens with one attached hydrogen (secondary N) is 1. The number of phenolic OH excluding ortho intramolecular Hbond substituents is 1. The number of hydrogen-bond acceptors (Lipinski definition) is 4. The lowest BCUT2D eigenvalue weighted by atomic mass is 9.97. The summed E-state index contributed by atoms with van der Waals surface area (Å²) >= 11 is 1.69. The molecule has 0 amide bonds. The average Bonchev–Trinajstić information content (AvgIpc) is 2.96. The number of thiazole rings is 1. The van der Waals surface area contributed by atoms with E-state index in [1.807, 2.05) is 24.6 Å². The molecule has 2 N–H and O–H groups in total. The number of rotatable bonds is 3. The van der Waals surface area contributed by atoms with Crippen LogP contribution in [0.15, 0.2) is 17.6 Å². The van der Waals surface area contributed by atoms with Crippen molar-refractivity contribution < 1.29 is 5.11 Å². The summed E-state index contributed by atoms with van der Waals surface area (Å²) in [5.41, 5.74) is 6.69. The molecule has 0 spiro atoms. The number of benzene rings is 1. The van der Waals surface area contributed by atoms with Crippen molar-refractivity contribution in [1.82, 2.24) is 10.3 Å². The number of nitrogens with zero attached hydrogens (tertiary/aromatic N) is 1. The van der Waals surface area contributed by atoms with Gasteiger partial charge in [-0.25, -0.2) is 4.98 Å². The Labute approximate surface area is 123 Å². The van der Waals surface area contributed by atoms with Crippen LogP contribution in [-0.2, 0) is 6.54 Å². The summed E-state index contributed by atoms with van der Waals surface area (Å²) in [4.78, 5) is 5.56. The van der Waals surface area contributed by atoms with Crippen LogP contribution in [0.5, 0.6) is 5.75 Å². The Balaban J connectivity index is 1.84. The second-order valence-corrected chi connectivity index (χ2v) is 6.60. The quantitative estimate of drug-likeness (QED) is 0.903. The molecule has 0 saturated heterocycles. The third-order valence-corrected chi connectivity index (χ3v) is 5.20. The molecule has 2 atom stereocenters. The molecule has 0 bridgehead atoms. The van der Waals surface area contributed by atoms with Crippen LogP contribution < -0.4 is 5.32 Å². The van der Waals surface area contributed by atoms with E-state index in [4.69, 9.17) is 0 Å². The molecule has 1 aliphatic carbocycles. The third-order valence-electron chi connectivity index (χ3n) is 4.27. The highest BCUT2D eigenvalue weighted by atomic mass is 32.1. The van der Waals surface area contributed by atoms with Crippen LogP contribution in [0.25, 0.3) is 0 Å². The van der Waals surface area contributed by atoms with Gasteiger partial charge in [-0.2, -0.15) is 0 Å². The van der Waals surface area contributed by atoms with Crippen molar-refractivity contribution in [3.05, 3.63) is 44.9 Å². The van der Waals surface area contributed by atoms with Crippen LogP contribution in [0, 0.1) is 13.8 Å². The van der Waals surface area contributed by atoms with Crippen molar-refractivity contribution in [2.45, 2.75) is 45.7 Å². The molecule has 3 rings (SSSR count). The summed E-state index contributed by atoms with van der Waals surface area (Å²) in [5.74, 6) is 0.922. The van der Waals surface area contributed by atoms with Crippen molar-refractivity contribution in [2.24, 2.45) is 0 Å². The Morgan fingerprint density at radius 1 is 1.35 bits per heavy atom. The largest absolute Gasteiger partial charge is 0.508 e. The van der Waals surface area contributed by atoms with E-state index in [1.165, 1.54) is 16.0 Å². The number of aryl methyl sites for hydroxylation is 2. The molecule has 0 aliphatic heterocycles. The molecule has 1 aromatic heterocycles. The highest BCUT2D eigenvalue weighted by Gasteiger charge is 2.31. The Hall–Kier alpha value is -1.39. The molecule has 3 nitrogen and oxygen atoms in total. The topological polar surface area (TPSA) is 45.1 Å². The van der Waals surface area contributed by atoms with Crippen molar-refractivity contribution in [3.63, 3.8) is 0 Å². The molecule has 0 radical (unpaired) electrons. The molecule has 0 fully saturated rings. The summed E-state index contributed by atoms with van der Waals surface area (Å²) in [6.07, 6.45) is 1.05. The van der Waals surface area contributed by atoms with E-state index in [2.05, 4.69) is 24.1 Å². The fourth-order valence-electron chi connectivity index (χ4n) is 3.24. The maximum absolute atomic E-state index is 10.2. The first-order chi connectivity index (χ1) is 9.58. The maximum Gasteiger partial charge on any atom is 0.120 e. The van der Waals surface area contributed by atoms with E-state index in [-0.39, 0.29) is 6.04 Å². The molecule has 1 heterocycles. The summed E-state index contributed by atoms with van der Waals surface area (Å²) in [7, 11) is 0. The second kappa shape index (κ2) is 5.19. The van der Waals surface area contributed by atoms with Gasteiger partial charge in [0.25, 0.3) is 0 Å². The van der Waals surface area contributed by atoms with Crippen molar-refractivity contribution >= 4 is 11.3 Å². The van der Waals surface area contributed by atoms with Crippen LogP contribution in [0.3, 0.4) is 0 Å². The number of fused-ring (bicyclic) bond motifs is 1. The van der Waals surface area contributed by atoms with Gasteiger partial charge in [0, 0.05) is 23.0 Å². The number of aromatic hydroxyl groups is 1. The SMILES string of the molecule is Cc1ccc(O)c2c1C(C)CC2NCc1scnc1C. The molecular formula is C16H20N2OS. The Morgan fingerprint density at radius 3 is 2.85 bits per heavy atom. The number of hydrogen-bond donors (Lipinski definition) is 2. The van der Waals surface area contributed by atoms with Gasteiger partial charge in [-0.15, -0.1) is 11.3 Å². The van der Waals surface area contributed by atoms with E-state index in [0.29, 0.717) is 11.7 Å². The first kappa shape index (κ1) is 13.6. The minimum Gasteiger partial charge on any atom is -0.508 e. The van der Waals surface area contributed by atoms with Gasteiger partial charge in [-0.05, 0) is 43.4 Å². The minimum atomic E-state index is 0.237. The van der Waals surface area contributed by atoms with Crippen LogP contribution in [-0.4, -0.2) is 10.1 Å².